The van der Waals surface area contributed by atoms with Crippen LogP contribution in [0.25, 0.3) is 0 Å². The summed E-state index contributed by atoms with van der Waals surface area (Å²) in [7, 11) is -3.00. The van der Waals surface area contributed by atoms with Gasteiger partial charge >= 0.3 is 7.60 Å². The van der Waals surface area contributed by atoms with Crippen molar-refractivity contribution in [2.24, 2.45) is 0 Å². The molecule has 0 aromatic heterocycles. The van der Waals surface area contributed by atoms with Gasteiger partial charge in [0.15, 0.2) is 0 Å². The summed E-state index contributed by atoms with van der Waals surface area (Å²) in [4.78, 5) is 0. The summed E-state index contributed by atoms with van der Waals surface area (Å²) in [5.74, 6) is 0.805. The van der Waals surface area contributed by atoms with Gasteiger partial charge in [0, 0.05) is 0 Å². The van der Waals surface area contributed by atoms with E-state index in [0.717, 1.165) is 16.9 Å². The normalized spacial score (nSPS) is 11.4. The van der Waals surface area contributed by atoms with Crippen LogP contribution in [-0.4, -0.2) is 19.4 Å². The molecular weight excluding hydrogens is 323 g/mol. The fourth-order valence-corrected chi connectivity index (χ4v) is 4.01. The van der Waals surface area contributed by atoms with Crippen LogP contribution in [-0.2, 0) is 26.6 Å². The summed E-state index contributed by atoms with van der Waals surface area (Å²) >= 11 is 0. The van der Waals surface area contributed by atoms with Gasteiger partial charge in [0.2, 0.25) is 0 Å². The highest BCUT2D eigenvalue weighted by atomic mass is 31.2. The van der Waals surface area contributed by atoms with Crippen molar-refractivity contribution in [3.8, 4) is 5.75 Å². The van der Waals surface area contributed by atoms with Gasteiger partial charge < -0.3 is 13.8 Å². The Kier molecular flexibility index (Phi) is 7.51. The Hall–Kier alpha value is -1.61. The molecule has 130 valence electrons. The second-order valence-corrected chi connectivity index (χ2v) is 7.53. The lowest BCUT2D eigenvalue weighted by Gasteiger charge is -2.17. The summed E-state index contributed by atoms with van der Waals surface area (Å²) in [6.45, 7) is 4.95. The Morgan fingerprint density at radius 3 is 2.21 bits per heavy atom. The van der Waals surface area contributed by atoms with E-state index in [0.29, 0.717) is 32.4 Å². The third-order valence-electron chi connectivity index (χ3n) is 3.47. The molecule has 2 rings (SSSR count). The van der Waals surface area contributed by atoms with Crippen molar-refractivity contribution < 1.29 is 18.3 Å². The average molecular weight is 348 g/mol. The number of aryl methyl sites for hydroxylation is 1. The first-order valence-corrected chi connectivity index (χ1v) is 10.0. The van der Waals surface area contributed by atoms with Gasteiger partial charge in [-0.2, -0.15) is 0 Å². The van der Waals surface area contributed by atoms with Gasteiger partial charge in [-0.15, -0.1) is 0 Å². The zero-order valence-corrected chi connectivity index (χ0v) is 15.2. The molecule has 24 heavy (non-hydrogen) atoms. The standard InChI is InChI=1S/C19H25O4P/c1-3-22-24(20,23-4-2)14-13-17-11-8-12-19(15-17)21-16-18-9-6-5-7-10-18/h5-12,15H,3-4,13-14,16H2,1-2H3. The maximum Gasteiger partial charge on any atom is 0.330 e. The van der Waals surface area contributed by atoms with E-state index < -0.39 is 7.60 Å². The molecule has 2 aromatic carbocycles. The van der Waals surface area contributed by atoms with Crippen LogP contribution in [0.3, 0.4) is 0 Å². The van der Waals surface area contributed by atoms with E-state index in [-0.39, 0.29) is 0 Å². The molecule has 0 amide bonds. The molecule has 0 spiro atoms. The number of rotatable bonds is 10. The molecule has 0 fully saturated rings. The smallest absolute Gasteiger partial charge is 0.330 e. The van der Waals surface area contributed by atoms with Crippen molar-refractivity contribution in [1.82, 2.24) is 0 Å². The van der Waals surface area contributed by atoms with E-state index >= 15 is 0 Å². The lowest BCUT2D eigenvalue weighted by atomic mass is 10.1. The van der Waals surface area contributed by atoms with Gasteiger partial charge in [0.1, 0.15) is 12.4 Å². The van der Waals surface area contributed by atoms with Crippen LogP contribution in [0.15, 0.2) is 54.6 Å². The zero-order chi connectivity index (χ0) is 17.3. The Bertz CT molecular complexity index is 647. The monoisotopic (exact) mass is 348 g/mol. The van der Waals surface area contributed by atoms with Gasteiger partial charge in [-0.05, 0) is 43.5 Å². The molecule has 0 aliphatic heterocycles. The lowest BCUT2D eigenvalue weighted by Crippen LogP contribution is -2.03. The maximum absolute atomic E-state index is 12.5. The largest absolute Gasteiger partial charge is 0.489 e. The summed E-state index contributed by atoms with van der Waals surface area (Å²) in [6.07, 6.45) is 0.997. The quantitative estimate of drug-likeness (QED) is 0.562. The second-order valence-electron chi connectivity index (χ2n) is 5.34. The van der Waals surface area contributed by atoms with Crippen LogP contribution in [0.5, 0.6) is 5.75 Å². The third kappa shape index (κ3) is 6.12. The molecule has 0 aliphatic rings. The predicted octanol–water partition coefficient (Wildman–Crippen LogP) is 5.07. The minimum Gasteiger partial charge on any atom is -0.489 e. The van der Waals surface area contributed by atoms with E-state index in [2.05, 4.69) is 0 Å². The first-order chi connectivity index (χ1) is 11.6. The SMILES string of the molecule is CCOP(=O)(CCc1cccc(OCc2ccccc2)c1)OCC. The minimum absolute atomic E-state index is 0.372. The van der Waals surface area contributed by atoms with Crippen LogP contribution in [0.2, 0.25) is 0 Å². The fourth-order valence-electron chi connectivity index (χ4n) is 2.36. The zero-order valence-electron chi connectivity index (χ0n) is 14.3. The van der Waals surface area contributed by atoms with Gasteiger partial charge in [0.05, 0.1) is 19.4 Å². The molecule has 2 aromatic rings. The van der Waals surface area contributed by atoms with Gasteiger partial charge in [-0.1, -0.05) is 42.5 Å². The van der Waals surface area contributed by atoms with Gasteiger partial charge in [0.25, 0.3) is 0 Å². The molecule has 0 unspecified atom stereocenters. The summed E-state index contributed by atoms with van der Waals surface area (Å²) in [5.41, 5.74) is 2.18. The van der Waals surface area contributed by atoms with Crippen molar-refractivity contribution in [3.63, 3.8) is 0 Å². The van der Waals surface area contributed by atoms with Crippen molar-refractivity contribution >= 4 is 7.60 Å². The maximum atomic E-state index is 12.5. The van der Waals surface area contributed by atoms with Crippen LogP contribution < -0.4 is 4.74 Å². The summed E-state index contributed by atoms with van der Waals surface area (Å²) in [5, 5.41) is 0. The van der Waals surface area contributed by atoms with Gasteiger partial charge in [-0.3, -0.25) is 4.57 Å². The number of hydrogen-bond donors (Lipinski definition) is 0. The number of benzene rings is 2. The van der Waals surface area contributed by atoms with E-state index in [1.165, 1.54) is 0 Å². The van der Waals surface area contributed by atoms with Gasteiger partial charge in [-0.25, -0.2) is 0 Å². The van der Waals surface area contributed by atoms with Crippen molar-refractivity contribution in [1.29, 1.82) is 0 Å². The van der Waals surface area contributed by atoms with Crippen molar-refractivity contribution in [2.45, 2.75) is 26.9 Å². The average Bonchev–Trinajstić information content (AvgIpc) is 2.60. The minimum atomic E-state index is -3.00. The van der Waals surface area contributed by atoms with Crippen molar-refractivity contribution in [3.05, 3.63) is 65.7 Å². The number of hydrogen-bond acceptors (Lipinski definition) is 4. The molecule has 0 heterocycles. The molecule has 0 aliphatic carbocycles. The Morgan fingerprint density at radius 2 is 1.54 bits per heavy atom. The molecule has 5 heteroatoms. The summed E-state index contributed by atoms with van der Waals surface area (Å²) in [6, 6.07) is 17.9. The molecule has 0 bridgehead atoms. The number of ether oxygens (including phenoxy) is 1. The molecular formula is C19H25O4P. The van der Waals surface area contributed by atoms with Crippen LogP contribution in [0.4, 0.5) is 0 Å². The predicted molar refractivity (Wildman–Crippen MR) is 96.6 cm³/mol. The van der Waals surface area contributed by atoms with Crippen LogP contribution in [0.1, 0.15) is 25.0 Å². The molecule has 0 atom stereocenters. The van der Waals surface area contributed by atoms with E-state index in [9.17, 15) is 4.57 Å². The molecule has 0 N–H and O–H groups in total. The molecule has 0 radical (unpaired) electrons. The fraction of sp³-hybridized carbons (Fsp3) is 0.368. The first kappa shape index (κ1) is 18.7. The Balaban J connectivity index is 1.93. The Labute approximate surface area is 144 Å². The molecule has 0 saturated carbocycles. The van der Waals surface area contributed by atoms with Crippen molar-refractivity contribution in [2.75, 3.05) is 19.4 Å². The van der Waals surface area contributed by atoms with Crippen LogP contribution in [0, 0.1) is 0 Å². The Morgan fingerprint density at radius 1 is 0.875 bits per heavy atom. The van der Waals surface area contributed by atoms with E-state index in [4.69, 9.17) is 13.8 Å². The first-order valence-electron chi connectivity index (χ1n) is 8.29. The second kappa shape index (κ2) is 9.63. The highest BCUT2D eigenvalue weighted by Gasteiger charge is 2.22. The van der Waals surface area contributed by atoms with E-state index in [1.807, 2.05) is 68.4 Å². The lowest BCUT2D eigenvalue weighted by molar-refractivity contribution is 0.220. The van der Waals surface area contributed by atoms with Crippen LogP contribution >= 0.6 is 7.60 Å². The van der Waals surface area contributed by atoms with E-state index in [1.54, 1.807) is 0 Å². The molecule has 4 nitrogen and oxygen atoms in total. The molecule has 0 saturated heterocycles. The third-order valence-corrected chi connectivity index (χ3v) is 5.55. The highest BCUT2D eigenvalue weighted by molar-refractivity contribution is 7.53. The summed E-state index contributed by atoms with van der Waals surface area (Å²) < 4.78 is 29.0. The highest BCUT2D eigenvalue weighted by Crippen LogP contribution is 2.48. The topological polar surface area (TPSA) is 44.8 Å².